The number of nitrogens with one attached hydrogen (secondary N) is 1. The molecule has 0 aromatic heterocycles. The van der Waals surface area contributed by atoms with Gasteiger partial charge in [-0.1, -0.05) is 13.8 Å². The topological polar surface area (TPSA) is 84.9 Å². The maximum atomic E-state index is 15.0. The van der Waals surface area contributed by atoms with Crippen molar-refractivity contribution in [3.8, 4) is 11.5 Å². The Hall–Kier alpha value is -2.79. The van der Waals surface area contributed by atoms with Crippen molar-refractivity contribution in [3.63, 3.8) is 0 Å². The third kappa shape index (κ3) is 6.20. The van der Waals surface area contributed by atoms with Gasteiger partial charge in [0.2, 0.25) is 15.9 Å². The molecule has 2 aromatic carbocycles. The molecule has 1 fully saturated rings. The SMILES string of the molecule is CC(C)(CCCOc1ccc(F)cc1F)C(=O)N[C@@H]1CCN(S(=O)(=O)c2ccc3c(c2)CCO3)C[C@H]1F. The summed E-state index contributed by atoms with van der Waals surface area (Å²) in [7, 11) is -3.88. The van der Waals surface area contributed by atoms with E-state index in [2.05, 4.69) is 5.32 Å². The summed E-state index contributed by atoms with van der Waals surface area (Å²) in [5, 5.41) is 2.73. The Kier molecular flexibility index (Phi) is 8.03. The Balaban J connectivity index is 1.27. The molecule has 0 unspecified atom stereocenters. The van der Waals surface area contributed by atoms with E-state index in [1.54, 1.807) is 26.0 Å². The van der Waals surface area contributed by atoms with Crippen LogP contribution in [-0.2, 0) is 21.2 Å². The van der Waals surface area contributed by atoms with Gasteiger partial charge in [0.05, 0.1) is 24.2 Å². The second-order valence-corrected chi connectivity index (χ2v) is 12.0. The van der Waals surface area contributed by atoms with Gasteiger partial charge in [-0.25, -0.2) is 21.6 Å². The maximum Gasteiger partial charge on any atom is 0.243 e. The zero-order valence-corrected chi connectivity index (χ0v) is 21.6. The van der Waals surface area contributed by atoms with Crippen LogP contribution in [-0.4, -0.2) is 57.1 Å². The molecule has 0 aliphatic carbocycles. The smallest absolute Gasteiger partial charge is 0.243 e. The Morgan fingerprint density at radius 3 is 2.73 bits per heavy atom. The molecule has 7 nitrogen and oxygen atoms in total. The first-order chi connectivity index (χ1) is 17.5. The fourth-order valence-electron chi connectivity index (χ4n) is 4.50. The van der Waals surface area contributed by atoms with Gasteiger partial charge in [0.25, 0.3) is 0 Å². The van der Waals surface area contributed by atoms with E-state index >= 15 is 4.39 Å². The summed E-state index contributed by atoms with van der Waals surface area (Å²) >= 11 is 0. The molecule has 2 heterocycles. The van der Waals surface area contributed by atoms with Crippen LogP contribution in [0, 0.1) is 17.0 Å². The van der Waals surface area contributed by atoms with Gasteiger partial charge in [0.1, 0.15) is 17.7 Å². The maximum absolute atomic E-state index is 15.0. The Labute approximate surface area is 215 Å². The molecule has 2 atom stereocenters. The molecule has 1 N–H and O–H groups in total. The van der Waals surface area contributed by atoms with E-state index in [0.717, 1.165) is 22.0 Å². The van der Waals surface area contributed by atoms with Gasteiger partial charge in [-0.3, -0.25) is 4.79 Å². The number of carbonyl (C=O) groups is 1. The minimum absolute atomic E-state index is 0.0705. The van der Waals surface area contributed by atoms with E-state index in [1.807, 2.05) is 0 Å². The number of piperidine rings is 1. The van der Waals surface area contributed by atoms with Crippen molar-refractivity contribution in [3.05, 3.63) is 53.6 Å². The van der Waals surface area contributed by atoms with Crippen LogP contribution in [0.2, 0.25) is 0 Å². The van der Waals surface area contributed by atoms with E-state index in [1.165, 1.54) is 12.1 Å². The van der Waals surface area contributed by atoms with Gasteiger partial charge >= 0.3 is 0 Å². The fraction of sp³-hybridized carbons (Fsp3) is 0.500. The summed E-state index contributed by atoms with van der Waals surface area (Å²) in [6, 6.07) is 6.90. The number of fused-ring (bicyclic) bond motifs is 1. The molecule has 0 radical (unpaired) electrons. The lowest BCUT2D eigenvalue weighted by Crippen LogP contribution is -2.55. The zero-order valence-electron chi connectivity index (χ0n) is 20.8. The average molecular weight is 541 g/mol. The third-order valence-electron chi connectivity index (χ3n) is 6.83. The number of hydrogen-bond acceptors (Lipinski definition) is 5. The summed E-state index contributed by atoms with van der Waals surface area (Å²) < 4.78 is 79.8. The van der Waals surface area contributed by atoms with Gasteiger partial charge < -0.3 is 14.8 Å². The number of halogens is 3. The number of alkyl halides is 1. The molecule has 4 rings (SSSR count). The van der Waals surface area contributed by atoms with Gasteiger partial charge in [-0.2, -0.15) is 4.31 Å². The van der Waals surface area contributed by atoms with Crippen molar-refractivity contribution >= 4 is 15.9 Å². The molecule has 0 saturated carbocycles. The quantitative estimate of drug-likeness (QED) is 0.486. The number of carbonyl (C=O) groups excluding carboxylic acids is 1. The second kappa shape index (κ2) is 10.9. The van der Waals surface area contributed by atoms with Gasteiger partial charge in [0, 0.05) is 31.0 Å². The summed E-state index contributed by atoms with van der Waals surface area (Å²) in [5.41, 5.74) is -0.0458. The normalized spacial score (nSPS) is 20.2. The van der Waals surface area contributed by atoms with Gasteiger partial charge in [0.15, 0.2) is 11.6 Å². The van der Waals surface area contributed by atoms with Crippen molar-refractivity contribution in [1.82, 2.24) is 9.62 Å². The number of rotatable bonds is 9. The second-order valence-electron chi connectivity index (χ2n) is 10.0. The van der Waals surface area contributed by atoms with E-state index in [4.69, 9.17) is 9.47 Å². The Morgan fingerprint density at radius 2 is 2.00 bits per heavy atom. The predicted octanol–water partition coefficient (Wildman–Crippen LogP) is 4.00. The first-order valence-electron chi connectivity index (χ1n) is 12.3. The minimum atomic E-state index is -3.88. The molecule has 0 spiro atoms. The van der Waals surface area contributed by atoms with Crippen molar-refractivity contribution in [2.24, 2.45) is 5.41 Å². The van der Waals surface area contributed by atoms with Gasteiger partial charge in [-0.15, -0.1) is 0 Å². The number of sulfonamides is 1. The van der Waals surface area contributed by atoms with Crippen LogP contribution < -0.4 is 14.8 Å². The standard InChI is InChI=1S/C26H31F3N2O5S/c1-26(2,10-3-12-35-24-6-4-18(27)15-20(24)28)25(32)30-22-8-11-31(16-21(22)29)37(33,34)19-5-7-23-17(14-19)9-13-36-23/h4-7,14-15,21-22H,3,8-13,16H2,1-2H3,(H,30,32)/t21-,22-/m1/s1. The van der Waals surface area contributed by atoms with Crippen LogP contribution in [0.15, 0.2) is 41.3 Å². The lowest BCUT2D eigenvalue weighted by molar-refractivity contribution is -0.131. The third-order valence-corrected chi connectivity index (χ3v) is 8.69. The number of hydrogen-bond donors (Lipinski definition) is 1. The molecule has 2 aliphatic rings. The monoisotopic (exact) mass is 540 g/mol. The van der Waals surface area contributed by atoms with Crippen LogP contribution in [0.25, 0.3) is 0 Å². The van der Waals surface area contributed by atoms with Crippen LogP contribution in [0.1, 0.15) is 38.7 Å². The van der Waals surface area contributed by atoms with E-state index in [0.29, 0.717) is 31.6 Å². The van der Waals surface area contributed by atoms with Crippen LogP contribution in [0.3, 0.4) is 0 Å². The molecule has 37 heavy (non-hydrogen) atoms. The lowest BCUT2D eigenvalue weighted by atomic mass is 9.86. The lowest BCUT2D eigenvalue weighted by Gasteiger charge is -2.36. The van der Waals surface area contributed by atoms with Crippen molar-refractivity contribution < 1.29 is 35.9 Å². The molecule has 1 amide bonds. The first kappa shape index (κ1) is 27.3. The molecule has 0 bridgehead atoms. The van der Waals surface area contributed by atoms with Crippen molar-refractivity contribution in [2.45, 2.75) is 56.6 Å². The van der Waals surface area contributed by atoms with Crippen LogP contribution in [0.4, 0.5) is 13.2 Å². The molecule has 2 aliphatic heterocycles. The van der Waals surface area contributed by atoms with Crippen LogP contribution in [0.5, 0.6) is 11.5 Å². The summed E-state index contributed by atoms with van der Waals surface area (Å²) in [4.78, 5) is 13.0. The average Bonchev–Trinajstić information content (AvgIpc) is 3.32. The largest absolute Gasteiger partial charge is 0.493 e. The zero-order chi connectivity index (χ0) is 26.8. The number of nitrogens with zero attached hydrogens (tertiary/aromatic N) is 1. The molecule has 1 saturated heterocycles. The summed E-state index contributed by atoms with van der Waals surface area (Å²) in [6.07, 6.45) is 0.00485. The molecule has 11 heteroatoms. The molecule has 2 aromatic rings. The fourth-order valence-corrected chi connectivity index (χ4v) is 6.01. The molecular weight excluding hydrogens is 509 g/mol. The first-order valence-corrected chi connectivity index (χ1v) is 13.7. The molecular formula is C26H31F3N2O5S. The highest BCUT2D eigenvalue weighted by Crippen LogP contribution is 2.31. The van der Waals surface area contributed by atoms with Gasteiger partial charge in [-0.05, 0) is 55.2 Å². The number of amides is 1. The summed E-state index contributed by atoms with van der Waals surface area (Å²) in [6.45, 7) is 3.79. The minimum Gasteiger partial charge on any atom is -0.493 e. The Bertz CT molecular complexity index is 1250. The molecule has 202 valence electrons. The highest BCUT2D eigenvalue weighted by Gasteiger charge is 2.38. The van der Waals surface area contributed by atoms with Crippen LogP contribution >= 0.6 is 0 Å². The van der Waals surface area contributed by atoms with Crippen molar-refractivity contribution in [1.29, 1.82) is 0 Å². The van der Waals surface area contributed by atoms with E-state index in [9.17, 15) is 22.0 Å². The Morgan fingerprint density at radius 1 is 1.22 bits per heavy atom. The highest BCUT2D eigenvalue weighted by molar-refractivity contribution is 7.89. The number of benzene rings is 2. The van der Waals surface area contributed by atoms with E-state index in [-0.39, 0.29) is 42.7 Å². The number of ether oxygens (including phenoxy) is 2. The van der Waals surface area contributed by atoms with E-state index < -0.39 is 39.3 Å². The highest BCUT2D eigenvalue weighted by atomic mass is 32.2. The van der Waals surface area contributed by atoms with Crippen molar-refractivity contribution in [2.75, 3.05) is 26.3 Å². The predicted molar refractivity (Wildman–Crippen MR) is 131 cm³/mol. The summed E-state index contributed by atoms with van der Waals surface area (Å²) in [5.74, 6) is -1.26.